The number of nitrogens with zero attached hydrogens (tertiary/aromatic N) is 2. The first kappa shape index (κ1) is 12.2. The minimum atomic E-state index is -4.90. The van der Waals surface area contributed by atoms with Crippen molar-refractivity contribution < 1.29 is 27.8 Å². The van der Waals surface area contributed by atoms with Crippen molar-refractivity contribution in [3.05, 3.63) is 17.5 Å². The summed E-state index contributed by atoms with van der Waals surface area (Å²) in [5, 5.41) is 10.6. The number of aromatic nitrogens is 2. The van der Waals surface area contributed by atoms with E-state index >= 15 is 0 Å². The molecule has 0 radical (unpaired) electrons. The highest BCUT2D eigenvalue weighted by atomic mass is 19.4. The van der Waals surface area contributed by atoms with Gasteiger partial charge in [0.25, 0.3) is 0 Å². The van der Waals surface area contributed by atoms with Crippen LogP contribution < -0.4 is 5.11 Å². The van der Waals surface area contributed by atoms with Crippen LogP contribution in [-0.4, -0.2) is 22.5 Å². The van der Waals surface area contributed by atoms with Gasteiger partial charge < -0.3 is 9.84 Å². The van der Waals surface area contributed by atoms with Gasteiger partial charge in [0.05, 0.1) is 12.6 Å². The fourth-order valence-electron chi connectivity index (χ4n) is 0.940. The summed E-state index contributed by atoms with van der Waals surface area (Å²) in [6.07, 6.45) is -4.39. The summed E-state index contributed by atoms with van der Waals surface area (Å²) in [5.41, 5.74) is -2.44. The van der Waals surface area contributed by atoms with Gasteiger partial charge in [-0.1, -0.05) is 0 Å². The van der Waals surface area contributed by atoms with Crippen LogP contribution in [0.2, 0.25) is 0 Å². The lowest BCUT2D eigenvalue weighted by atomic mass is 10.2. The van der Waals surface area contributed by atoms with E-state index < -0.39 is 29.4 Å². The zero-order chi connectivity index (χ0) is 12.3. The Bertz CT molecular complexity index is 406. The molecule has 16 heavy (non-hydrogen) atoms. The van der Waals surface area contributed by atoms with Gasteiger partial charge in [-0.05, 0) is 6.92 Å². The highest BCUT2D eigenvalue weighted by molar-refractivity contribution is 5.90. The van der Waals surface area contributed by atoms with Crippen molar-refractivity contribution in [1.82, 2.24) is 9.97 Å². The molecule has 0 bridgehead atoms. The number of carbonyl (C=O) groups excluding carboxylic acids is 1. The fraction of sp³-hybridized carbons (Fsp3) is 0.375. The van der Waals surface area contributed by atoms with Gasteiger partial charge in [-0.2, -0.15) is 13.2 Å². The highest BCUT2D eigenvalue weighted by Gasteiger charge is 2.37. The molecule has 0 fully saturated rings. The Morgan fingerprint density at radius 2 is 2.19 bits per heavy atom. The number of carbonyl (C=O) groups is 1. The Morgan fingerprint density at radius 3 is 2.69 bits per heavy atom. The highest BCUT2D eigenvalue weighted by Crippen LogP contribution is 2.30. The Morgan fingerprint density at radius 1 is 1.56 bits per heavy atom. The van der Waals surface area contributed by atoms with Gasteiger partial charge in [-0.15, -0.1) is 0 Å². The SMILES string of the molecule is CCOC(=O)c1cnc([O-])nc1C(F)(F)F. The molecule has 0 saturated heterocycles. The number of hydrogen-bond donors (Lipinski definition) is 0. The van der Waals surface area contributed by atoms with Crippen LogP contribution in [0.15, 0.2) is 6.20 Å². The first-order valence-electron chi connectivity index (χ1n) is 4.14. The van der Waals surface area contributed by atoms with Crippen LogP contribution in [0, 0.1) is 0 Å². The zero-order valence-electron chi connectivity index (χ0n) is 8.04. The molecule has 0 aliphatic rings. The molecule has 1 heterocycles. The van der Waals surface area contributed by atoms with Crippen molar-refractivity contribution in [1.29, 1.82) is 0 Å². The molecule has 0 atom stereocenters. The van der Waals surface area contributed by atoms with E-state index in [2.05, 4.69) is 14.7 Å². The van der Waals surface area contributed by atoms with Gasteiger partial charge in [0.15, 0.2) is 5.69 Å². The average molecular weight is 235 g/mol. The maximum absolute atomic E-state index is 12.4. The van der Waals surface area contributed by atoms with E-state index in [-0.39, 0.29) is 6.61 Å². The lowest BCUT2D eigenvalue weighted by Crippen LogP contribution is -2.19. The molecule has 0 aliphatic heterocycles. The van der Waals surface area contributed by atoms with E-state index in [1.54, 1.807) is 0 Å². The predicted octanol–water partition coefficient (Wildman–Crippen LogP) is 0.746. The molecule has 0 N–H and O–H groups in total. The van der Waals surface area contributed by atoms with Crippen molar-refractivity contribution in [2.45, 2.75) is 13.1 Å². The summed E-state index contributed by atoms with van der Waals surface area (Å²) in [6, 6.07) is -1.31. The van der Waals surface area contributed by atoms with Gasteiger partial charge in [-0.25, -0.2) is 9.78 Å². The summed E-state index contributed by atoms with van der Waals surface area (Å²) in [5.74, 6) is -1.21. The third-order valence-corrected chi connectivity index (χ3v) is 1.53. The molecule has 1 aromatic rings. The quantitative estimate of drug-likeness (QED) is 0.707. The van der Waals surface area contributed by atoms with Crippen molar-refractivity contribution >= 4 is 5.97 Å². The second kappa shape index (κ2) is 4.33. The van der Waals surface area contributed by atoms with E-state index in [0.717, 1.165) is 0 Å². The number of hydrogen-bond acceptors (Lipinski definition) is 5. The van der Waals surface area contributed by atoms with Crippen molar-refractivity contribution in [2.24, 2.45) is 0 Å². The average Bonchev–Trinajstić information content (AvgIpc) is 2.16. The Kier molecular flexibility index (Phi) is 3.31. The third-order valence-electron chi connectivity index (χ3n) is 1.53. The molecule has 0 aliphatic carbocycles. The smallest absolute Gasteiger partial charge is 0.434 e. The maximum atomic E-state index is 12.4. The summed E-state index contributed by atoms with van der Waals surface area (Å²) in [6.45, 7) is 1.35. The number of esters is 1. The summed E-state index contributed by atoms with van der Waals surface area (Å²) < 4.78 is 41.6. The topological polar surface area (TPSA) is 75.1 Å². The third kappa shape index (κ3) is 2.59. The second-order valence-electron chi connectivity index (χ2n) is 2.63. The second-order valence-corrected chi connectivity index (χ2v) is 2.63. The molecule has 0 saturated carbocycles. The number of halogens is 3. The van der Waals surface area contributed by atoms with Crippen LogP contribution in [-0.2, 0) is 10.9 Å². The Hall–Kier alpha value is -1.86. The van der Waals surface area contributed by atoms with E-state index in [1.165, 1.54) is 6.92 Å². The van der Waals surface area contributed by atoms with E-state index in [1.807, 2.05) is 0 Å². The van der Waals surface area contributed by atoms with E-state index in [4.69, 9.17) is 0 Å². The first-order chi connectivity index (χ1) is 7.36. The molecule has 1 aromatic heterocycles. The van der Waals surface area contributed by atoms with Gasteiger partial charge in [0, 0.05) is 6.20 Å². The molecule has 0 spiro atoms. The summed E-state index contributed by atoms with van der Waals surface area (Å²) in [7, 11) is 0. The lowest BCUT2D eigenvalue weighted by Gasteiger charge is -2.13. The minimum Gasteiger partial charge on any atom is -0.844 e. The lowest BCUT2D eigenvalue weighted by molar-refractivity contribution is -0.283. The van der Waals surface area contributed by atoms with Crippen LogP contribution >= 0.6 is 0 Å². The van der Waals surface area contributed by atoms with Gasteiger partial charge >= 0.3 is 12.1 Å². The van der Waals surface area contributed by atoms with Crippen molar-refractivity contribution in [2.75, 3.05) is 6.61 Å². The van der Waals surface area contributed by atoms with Crippen LogP contribution in [0.5, 0.6) is 6.01 Å². The summed E-state index contributed by atoms with van der Waals surface area (Å²) >= 11 is 0. The molecule has 1 rings (SSSR count). The maximum Gasteiger partial charge on any atom is 0.434 e. The van der Waals surface area contributed by atoms with Gasteiger partial charge in [-0.3, -0.25) is 4.98 Å². The van der Waals surface area contributed by atoms with Crippen LogP contribution in [0.3, 0.4) is 0 Å². The molecule has 5 nitrogen and oxygen atoms in total. The molecule has 0 aromatic carbocycles. The van der Waals surface area contributed by atoms with Crippen LogP contribution in [0.1, 0.15) is 23.0 Å². The van der Waals surface area contributed by atoms with E-state index in [0.29, 0.717) is 6.20 Å². The monoisotopic (exact) mass is 235 g/mol. The molecule has 88 valence electrons. The van der Waals surface area contributed by atoms with E-state index in [9.17, 15) is 23.1 Å². The minimum absolute atomic E-state index is 0.0880. The Labute approximate surface area is 87.9 Å². The van der Waals surface area contributed by atoms with Crippen molar-refractivity contribution in [3.63, 3.8) is 0 Å². The van der Waals surface area contributed by atoms with Crippen molar-refractivity contribution in [3.8, 4) is 6.01 Å². The normalized spacial score (nSPS) is 11.2. The largest absolute Gasteiger partial charge is 0.844 e. The van der Waals surface area contributed by atoms with Gasteiger partial charge in [0.2, 0.25) is 0 Å². The van der Waals surface area contributed by atoms with Gasteiger partial charge in [0.1, 0.15) is 5.56 Å². The molecule has 0 unspecified atom stereocenters. The molecular formula is C8H6F3N2O3-. The standard InChI is InChI=1S/C8H7F3N2O3/c1-2-16-6(14)4-3-12-7(15)13-5(4)8(9,10)11/h3H,2H2,1H3,(H,12,13,15)/p-1. The van der Waals surface area contributed by atoms with Crippen LogP contribution in [0.25, 0.3) is 0 Å². The predicted molar refractivity (Wildman–Crippen MR) is 42.4 cm³/mol. The number of alkyl halides is 3. The first-order valence-corrected chi connectivity index (χ1v) is 4.14. The molecule has 0 amide bonds. The number of ether oxygens (including phenoxy) is 1. The molecular weight excluding hydrogens is 229 g/mol. The fourth-order valence-corrected chi connectivity index (χ4v) is 0.940. The molecule has 8 heteroatoms. The number of rotatable bonds is 2. The summed E-state index contributed by atoms with van der Waals surface area (Å²) in [4.78, 5) is 16.8. The zero-order valence-corrected chi connectivity index (χ0v) is 8.04. The van der Waals surface area contributed by atoms with Crippen LogP contribution in [0.4, 0.5) is 13.2 Å². The Balaban J connectivity index is 3.23.